The van der Waals surface area contributed by atoms with Gasteiger partial charge in [0.2, 0.25) is 0 Å². The number of aryl methyl sites for hydroxylation is 1. The van der Waals surface area contributed by atoms with Crippen LogP contribution < -0.4 is 5.30 Å². The summed E-state index contributed by atoms with van der Waals surface area (Å²) < 4.78 is 0.572. The van der Waals surface area contributed by atoms with E-state index in [2.05, 4.69) is 59.6 Å². The average Bonchev–Trinajstić information content (AvgIpc) is 1.97. The normalized spacial score (nSPS) is 8.45. The van der Waals surface area contributed by atoms with Gasteiger partial charge in [-0.3, -0.25) is 0 Å². The van der Waals surface area contributed by atoms with Crippen LogP contribution in [0, 0.1) is 6.92 Å². The van der Waals surface area contributed by atoms with Crippen LogP contribution in [0.2, 0.25) is 0 Å². The molecule has 0 aliphatic rings. The number of hydrogen-bond acceptors (Lipinski definition) is 0. The Morgan fingerprint density at radius 1 is 1.36 bits per heavy atom. The van der Waals surface area contributed by atoms with Crippen LogP contribution in [0.4, 0.5) is 0 Å². The quantitative estimate of drug-likeness (QED) is 0.388. The van der Waals surface area contributed by atoms with Gasteiger partial charge in [0.05, 0.1) is 0 Å². The first-order chi connectivity index (χ1) is 5.20. The van der Waals surface area contributed by atoms with Crippen molar-refractivity contribution in [2.45, 2.75) is 6.92 Å². The first-order valence-electron chi connectivity index (χ1n) is 3.10. The Hall–Kier alpha value is 0.602. The molecule has 0 saturated carbocycles. The van der Waals surface area contributed by atoms with Gasteiger partial charge in [0, 0.05) is 0 Å². The van der Waals surface area contributed by atoms with Crippen molar-refractivity contribution in [3.8, 4) is 0 Å². The summed E-state index contributed by atoms with van der Waals surface area (Å²) in [7, 11) is 2.65. The third kappa shape index (κ3) is 6.98. The van der Waals surface area contributed by atoms with Gasteiger partial charge in [-0.15, -0.1) is 9.24 Å². The summed E-state index contributed by atoms with van der Waals surface area (Å²) in [6.45, 7) is 2.09. The molecule has 11 heavy (non-hydrogen) atoms. The van der Waals surface area contributed by atoms with Crippen LogP contribution in [0.15, 0.2) is 24.3 Å². The number of halogens is 1. The Labute approximate surface area is 86.3 Å². The van der Waals surface area contributed by atoms with Gasteiger partial charge in [0.15, 0.2) is 0 Å². The topological polar surface area (TPSA) is 0 Å². The Morgan fingerprint density at radius 2 is 1.73 bits per heavy atom. The molecule has 0 spiro atoms. The molecule has 0 saturated heterocycles. The van der Waals surface area contributed by atoms with Crippen molar-refractivity contribution < 1.29 is 19.2 Å². The van der Waals surface area contributed by atoms with Gasteiger partial charge >= 0.3 is 35.2 Å². The van der Waals surface area contributed by atoms with Crippen molar-refractivity contribution >= 4 is 26.1 Å². The average molecular weight is 280 g/mol. The maximum absolute atomic E-state index is 4.93. The maximum atomic E-state index is 4.93. The number of alkyl halides is 1. The predicted octanol–water partition coefficient (Wildman–Crippen LogP) is 2.22. The Bertz CT molecular complexity index is 165. The minimum atomic E-state index is 0.572. The van der Waals surface area contributed by atoms with Gasteiger partial charge < -0.3 is 0 Å². The van der Waals surface area contributed by atoms with E-state index in [9.17, 15) is 0 Å². The molecule has 0 bridgehead atoms. The van der Waals surface area contributed by atoms with Crippen LogP contribution in [0.5, 0.6) is 0 Å². The molecule has 0 aromatic heterocycles. The summed E-state index contributed by atoms with van der Waals surface area (Å²) in [5, 5.41) is 1.25. The first-order valence-corrected chi connectivity index (χ1v) is 5.31. The van der Waals surface area contributed by atoms with E-state index in [1.807, 2.05) is 0 Å². The fraction of sp³-hybridized carbons (Fsp3) is 0.250. The van der Waals surface area contributed by atoms with Gasteiger partial charge in [0.1, 0.15) is 0 Å². The summed E-state index contributed by atoms with van der Waals surface area (Å²) in [5.41, 5.74) is 1.32. The SMILES string of the molecule is Cc1ccc(P)cc1.Cl[CH2][Pd]. The van der Waals surface area contributed by atoms with Crippen molar-refractivity contribution in [1.29, 1.82) is 0 Å². The first kappa shape index (κ1) is 11.6. The van der Waals surface area contributed by atoms with E-state index < -0.39 is 0 Å². The molecule has 0 aliphatic heterocycles. The molecule has 0 fully saturated rings. The van der Waals surface area contributed by atoms with Gasteiger partial charge in [-0.1, -0.05) is 29.8 Å². The Kier molecular flexibility index (Phi) is 7.66. The monoisotopic (exact) mass is 279 g/mol. The van der Waals surface area contributed by atoms with E-state index in [1.165, 1.54) is 10.9 Å². The molecule has 1 aromatic rings. The molecule has 65 valence electrons. The summed E-state index contributed by atoms with van der Waals surface area (Å²) in [6.07, 6.45) is 0. The zero-order valence-corrected chi connectivity index (χ0v) is 9.75. The van der Waals surface area contributed by atoms with Crippen molar-refractivity contribution in [2.75, 3.05) is 4.35 Å². The van der Waals surface area contributed by atoms with Crippen LogP contribution in [0.1, 0.15) is 5.56 Å². The summed E-state index contributed by atoms with van der Waals surface area (Å²) in [4.78, 5) is 0. The molecule has 0 radical (unpaired) electrons. The molecule has 0 nitrogen and oxygen atoms in total. The molecular weight excluding hydrogens is 269 g/mol. The van der Waals surface area contributed by atoms with Crippen molar-refractivity contribution in [2.24, 2.45) is 0 Å². The molecule has 0 aliphatic carbocycles. The van der Waals surface area contributed by atoms with Crippen LogP contribution >= 0.6 is 20.8 Å². The second kappa shape index (κ2) is 7.26. The van der Waals surface area contributed by atoms with Gasteiger partial charge in [-0.2, -0.15) is 0 Å². The molecular formula is C8H11ClPPd. The van der Waals surface area contributed by atoms with E-state index >= 15 is 0 Å². The van der Waals surface area contributed by atoms with E-state index in [1.54, 1.807) is 0 Å². The van der Waals surface area contributed by atoms with E-state index in [0.717, 1.165) is 0 Å². The summed E-state index contributed by atoms with van der Waals surface area (Å²) in [5.74, 6) is 0. The fourth-order valence-corrected chi connectivity index (χ4v) is 0.759. The number of benzene rings is 1. The number of rotatable bonds is 0. The van der Waals surface area contributed by atoms with Crippen LogP contribution in [0.25, 0.3) is 0 Å². The fourth-order valence-electron chi connectivity index (χ4n) is 0.566. The molecule has 3 heteroatoms. The molecule has 1 aromatic carbocycles. The van der Waals surface area contributed by atoms with Crippen LogP contribution in [-0.2, 0) is 19.2 Å². The molecule has 0 amide bonds. The van der Waals surface area contributed by atoms with Crippen molar-refractivity contribution in [1.82, 2.24) is 0 Å². The summed E-state index contributed by atoms with van der Waals surface area (Å²) >= 11 is 7.64. The molecule has 1 unspecified atom stereocenters. The van der Waals surface area contributed by atoms with E-state index in [0.29, 0.717) is 4.35 Å². The standard InChI is InChI=1S/C7H9P.CH2Cl.Pd/c1-6-2-4-7(8)5-3-6;1-2;/h2-5H,8H2,1H3;1H2;. The zero-order valence-electron chi connectivity index (χ0n) is 6.29. The molecule has 1 atom stereocenters. The van der Waals surface area contributed by atoms with Gasteiger partial charge in [-0.25, -0.2) is 0 Å². The number of hydrogen-bond donors (Lipinski definition) is 0. The summed E-state index contributed by atoms with van der Waals surface area (Å²) in [6, 6.07) is 8.37. The second-order valence-corrected chi connectivity index (χ2v) is 4.08. The minimum absolute atomic E-state index is 0.572. The van der Waals surface area contributed by atoms with Gasteiger partial charge in [-0.05, 0) is 12.2 Å². The second-order valence-electron chi connectivity index (χ2n) is 2.00. The predicted molar refractivity (Wildman–Crippen MR) is 51.2 cm³/mol. The Morgan fingerprint density at radius 3 is 2.00 bits per heavy atom. The Balaban J connectivity index is 0.000000292. The van der Waals surface area contributed by atoms with E-state index in [-0.39, 0.29) is 0 Å². The zero-order chi connectivity index (χ0) is 8.69. The third-order valence-corrected chi connectivity index (χ3v) is 1.46. The van der Waals surface area contributed by atoms with Gasteiger partial charge in [0.25, 0.3) is 0 Å². The van der Waals surface area contributed by atoms with Crippen molar-refractivity contribution in [3.05, 3.63) is 29.8 Å². The van der Waals surface area contributed by atoms with E-state index in [4.69, 9.17) is 11.6 Å². The third-order valence-electron chi connectivity index (χ3n) is 1.08. The molecule has 0 N–H and O–H groups in total. The van der Waals surface area contributed by atoms with Crippen LogP contribution in [0.3, 0.4) is 0 Å². The van der Waals surface area contributed by atoms with Crippen molar-refractivity contribution in [3.63, 3.8) is 0 Å². The van der Waals surface area contributed by atoms with Crippen LogP contribution in [-0.4, -0.2) is 4.35 Å². The molecule has 1 rings (SSSR count). The molecule has 0 heterocycles.